The Morgan fingerprint density at radius 3 is 2.67 bits per heavy atom. The lowest BCUT2D eigenvalue weighted by Gasteiger charge is -1.99. The average molecular weight is 336 g/mol. The number of nitrogens with one attached hydrogen (secondary N) is 1. The van der Waals surface area contributed by atoms with Crippen molar-refractivity contribution in [1.29, 1.82) is 5.26 Å². The van der Waals surface area contributed by atoms with E-state index in [1.807, 2.05) is 24.4 Å². The molecule has 0 bridgehead atoms. The van der Waals surface area contributed by atoms with Crippen molar-refractivity contribution in [3.05, 3.63) is 60.3 Å². The molecular formula is C16H9FN6S. The van der Waals surface area contributed by atoms with Crippen LogP contribution in [0, 0.1) is 17.1 Å². The summed E-state index contributed by atoms with van der Waals surface area (Å²) in [6.07, 6.45) is 3.61. The predicted octanol–water partition coefficient (Wildman–Crippen LogP) is 3.40. The first-order chi connectivity index (χ1) is 11.7. The van der Waals surface area contributed by atoms with E-state index in [2.05, 4.69) is 20.5 Å². The number of halogens is 1. The summed E-state index contributed by atoms with van der Waals surface area (Å²) >= 11 is 1.50. The molecule has 24 heavy (non-hydrogen) atoms. The van der Waals surface area contributed by atoms with Crippen LogP contribution in [0.2, 0.25) is 0 Å². The van der Waals surface area contributed by atoms with Crippen LogP contribution in [0.15, 0.2) is 48.8 Å². The fourth-order valence-electron chi connectivity index (χ4n) is 2.29. The van der Waals surface area contributed by atoms with Gasteiger partial charge in [-0.2, -0.15) is 20.7 Å². The Morgan fingerprint density at radius 1 is 1.08 bits per heavy atom. The van der Waals surface area contributed by atoms with E-state index in [9.17, 15) is 4.39 Å². The third-order valence-electron chi connectivity index (χ3n) is 3.45. The van der Waals surface area contributed by atoms with Crippen LogP contribution >= 0.6 is 11.3 Å². The van der Waals surface area contributed by atoms with Crippen LogP contribution < -0.4 is 0 Å². The Kier molecular flexibility index (Phi) is 3.40. The van der Waals surface area contributed by atoms with Gasteiger partial charge in [-0.15, -0.1) is 16.4 Å². The van der Waals surface area contributed by atoms with Gasteiger partial charge >= 0.3 is 0 Å². The van der Waals surface area contributed by atoms with Crippen LogP contribution in [0.1, 0.15) is 5.69 Å². The summed E-state index contributed by atoms with van der Waals surface area (Å²) in [5.74, 6) is -0.282. The molecule has 0 amide bonds. The van der Waals surface area contributed by atoms with Crippen LogP contribution in [-0.2, 0) is 0 Å². The maximum absolute atomic E-state index is 13.0. The molecule has 0 atom stereocenters. The quantitative estimate of drug-likeness (QED) is 0.621. The molecule has 1 N–H and O–H groups in total. The van der Waals surface area contributed by atoms with E-state index in [0.29, 0.717) is 5.69 Å². The van der Waals surface area contributed by atoms with E-state index < -0.39 is 0 Å². The summed E-state index contributed by atoms with van der Waals surface area (Å²) in [6.45, 7) is 0. The predicted molar refractivity (Wildman–Crippen MR) is 86.9 cm³/mol. The molecule has 0 aliphatic heterocycles. The van der Waals surface area contributed by atoms with Gasteiger partial charge in [-0.3, -0.25) is 0 Å². The molecule has 1 aromatic carbocycles. The molecule has 0 spiro atoms. The minimum atomic E-state index is -0.282. The number of benzene rings is 1. The summed E-state index contributed by atoms with van der Waals surface area (Å²) in [6, 6.07) is 12.0. The van der Waals surface area contributed by atoms with Crippen molar-refractivity contribution in [2.75, 3.05) is 0 Å². The van der Waals surface area contributed by atoms with Gasteiger partial charge in [0.05, 0.1) is 16.8 Å². The van der Waals surface area contributed by atoms with Gasteiger partial charge in [0.1, 0.15) is 17.6 Å². The lowest BCUT2D eigenvalue weighted by molar-refractivity contribution is 0.627. The second kappa shape index (κ2) is 5.72. The normalized spacial score (nSPS) is 10.7. The van der Waals surface area contributed by atoms with E-state index in [-0.39, 0.29) is 11.5 Å². The molecule has 0 radical (unpaired) electrons. The Hall–Kier alpha value is -3.31. The fraction of sp³-hybridized carbons (Fsp3) is 0. The van der Waals surface area contributed by atoms with Gasteiger partial charge in [-0.1, -0.05) is 0 Å². The van der Waals surface area contributed by atoms with Crippen molar-refractivity contribution >= 4 is 11.3 Å². The van der Waals surface area contributed by atoms with Crippen molar-refractivity contribution in [2.24, 2.45) is 0 Å². The molecule has 4 aromatic rings. The van der Waals surface area contributed by atoms with Gasteiger partial charge in [0.25, 0.3) is 0 Å². The van der Waals surface area contributed by atoms with Crippen molar-refractivity contribution in [3.8, 4) is 32.8 Å². The first-order valence-electron chi connectivity index (χ1n) is 6.96. The lowest BCUT2D eigenvalue weighted by Crippen LogP contribution is -1.93. The van der Waals surface area contributed by atoms with E-state index in [1.165, 1.54) is 23.5 Å². The minimum Gasteiger partial charge on any atom is -0.240 e. The molecule has 0 saturated carbocycles. The monoisotopic (exact) mass is 336 g/mol. The number of aromatic amines is 1. The van der Waals surface area contributed by atoms with E-state index in [4.69, 9.17) is 5.26 Å². The molecule has 3 aromatic heterocycles. The Labute approximate surface area is 139 Å². The van der Waals surface area contributed by atoms with Gasteiger partial charge < -0.3 is 0 Å². The van der Waals surface area contributed by atoms with Gasteiger partial charge in [0, 0.05) is 16.6 Å². The van der Waals surface area contributed by atoms with Crippen molar-refractivity contribution < 1.29 is 4.39 Å². The van der Waals surface area contributed by atoms with Crippen LogP contribution in [-0.4, -0.2) is 25.2 Å². The highest BCUT2D eigenvalue weighted by molar-refractivity contribution is 7.18. The zero-order chi connectivity index (χ0) is 16.5. The van der Waals surface area contributed by atoms with E-state index in [1.54, 1.807) is 23.0 Å². The van der Waals surface area contributed by atoms with Gasteiger partial charge in [-0.25, -0.2) is 9.07 Å². The number of thiophene rings is 1. The Balaban J connectivity index is 1.66. The van der Waals surface area contributed by atoms with Crippen LogP contribution in [0.4, 0.5) is 4.39 Å². The molecule has 6 nitrogen and oxygen atoms in total. The van der Waals surface area contributed by atoms with Crippen LogP contribution in [0.25, 0.3) is 26.7 Å². The highest BCUT2D eigenvalue weighted by Crippen LogP contribution is 2.34. The molecule has 3 heterocycles. The molecule has 0 unspecified atom stereocenters. The highest BCUT2D eigenvalue weighted by Gasteiger charge is 2.14. The maximum Gasteiger partial charge on any atom is 0.191 e. The molecule has 0 fully saturated rings. The zero-order valence-electron chi connectivity index (χ0n) is 12.1. The third-order valence-corrected chi connectivity index (χ3v) is 4.59. The number of nitriles is 1. The summed E-state index contributed by atoms with van der Waals surface area (Å²) in [4.78, 5) is 1.84. The molecule has 4 rings (SSSR count). The number of nitrogens with zero attached hydrogens (tertiary/aromatic N) is 5. The molecule has 0 aliphatic rings. The molecule has 0 saturated heterocycles. The largest absolute Gasteiger partial charge is 0.240 e. The molecular weight excluding hydrogens is 327 g/mol. The Bertz CT molecular complexity index is 1040. The van der Waals surface area contributed by atoms with Crippen molar-refractivity contribution in [2.45, 2.75) is 0 Å². The topological polar surface area (TPSA) is 83.2 Å². The van der Waals surface area contributed by atoms with Crippen molar-refractivity contribution in [3.63, 3.8) is 0 Å². The Morgan fingerprint density at radius 2 is 1.88 bits per heavy atom. The number of hydrogen-bond acceptors (Lipinski definition) is 5. The van der Waals surface area contributed by atoms with Gasteiger partial charge in [0.2, 0.25) is 0 Å². The lowest BCUT2D eigenvalue weighted by atomic mass is 10.2. The number of H-pyrrole nitrogens is 1. The minimum absolute atomic E-state index is 0.269. The number of aromatic nitrogens is 5. The maximum atomic E-state index is 13.0. The van der Waals surface area contributed by atoms with Gasteiger partial charge in [0.15, 0.2) is 5.69 Å². The third kappa shape index (κ3) is 2.47. The first-order valence-corrected chi connectivity index (χ1v) is 7.78. The zero-order valence-corrected chi connectivity index (χ0v) is 13.0. The second-order valence-corrected chi connectivity index (χ2v) is 6.03. The molecule has 0 aliphatic carbocycles. The standard InChI is InChI=1S/C16H9FN6S/c17-11-1-3-12(4-2-11)23-9-10(8-19-23)14-5-6-15(24-14)16-13(7-18)20-22-21-16/h1-6,8-9H,(H,20,21,22). The highest BCUT2D eigenvalue weighted by atomic mass is 32.1. The molecule has 8 heteroatoms. The van der Waals surface area contributed by atoms with Crippen LogP contribution in [0.3, 0.4) is 0 Å². The summed E-state index contributed by atoms with van der Waals surface area (Å²) in [5.41, 5.74) is 2.52. The molecule has 116 valence electrons. The smallest absolute Gasteiger partial charge is 0.191 e. The SMILES string of the molecule is N#Cc1n[nH]nc1-c1ccc(-c2cnn(-c3ccc(F)cc3)c2)s1. The fourth-order valence-corrected chi connectivity index (χ4v) is 3.26. The van der Waals surface area contributed by atoms with Gasteiger partial charge in [-0.05, 0) is 36.4 Å². The summed E-state index contributed by atoms with van der Waals surface area (Å²) in [7, 11) is 0. The second-order valence-electron chi connectivity index (χ2n) is 4.95. The summed E-state index contributed by atoms with van der Waals surface area (Å²) in [5, 5.41) is 23.6. The van der Waals surface area contributed by atoms with Crippen LogP contribution in [0.5, 0.6) is 0 Å². The summed E-state index contributed by atoms with van der Waals surface area (Å²) < 4.78 is 14.7. The van der Waals surface area contributed by atoms with Crippen molar-refractivity contribution in [1.82, 2.24) is 25.2 Å². The number of hydrogen-bond donors (Lipinski definition) is 1. The average Bonchev–Trinajstić information content (AvgIpc) is 3.33. The number of rotatable bonds is 3. The first kappa shape index (κ1) is 14.3. The van der Waals surface area contributed by atoms with E-state index in [0.717, 1.165) is 21.0 Å². The van der Waals surface area contributed by atoms with E-state index >= 15 is 0 Å².